The molecule has 11 heteroatoms. The number of anilines is 1. The predicted octanol–water partition coefficient (Wildman–Crippen LogP) is 5.44. The predicted molar refractivity (Wildman–Crippen MR) is 129 cm³/mol. The highest BCUT2D eigenvalue weighted by Gasteiger charge is 2.19. The molecule has 34 heavy (non-hydrogen) atoms. The third kappa shape index (κ3) is 4.85. The molecule has 0 saturated carbocycles. The number of phenolic OH excluding ortho intramolecular Hbond substituents is 3. The van der Waals surface area contributed by atoms with Crippen molar-refractivity contribution in [2.24, 2.45) is 10.2 Å². The number of nitrogens with zero attached hydrogens (tertiary/aromatic N) is 2. The number of hydrogen-bond donors (Lipinski definition) is 4. The van der Waals surface area contributed by atoms with Crippen molar-refractivity contribution in [3.8, 4) is 17.2 Å². The average molecular weight is 542 g/mol. The van der Waals surface area contributed by atoms with E-state index in [9.17, 15) is 28.5 Å². The lowest BCUT2D eigenvalue weighted by atomic mass is 10.1. The molecule has 0 aliphatic rings. The fraction of sp³-hybridized carbons (Fsp3) is 0. The normalized spacial score (nSPS) is 11.7. The summed E-state index contributed by atoms with van der Waals surface area (Å²) in [6.45, 7) is 0. The Labute approximate surface area is 202 Å². The van der Waals surface area contributed by atoms with Gasteiger partial charge in [0.05, 0.1) is 16.1 Å². The molecule has 0 atom stereocenters. The number of sulfonamides is 1. The minimum absolute atomic E-state index is 0.0231. The Morgan fingerprint density at radius 1 is 0.853 bits per heavy atom. The first-order valence-electron chi connectivity index (χ1n) is 9.66. The number of nitrogens with one attached hydrogen (secondary N) is 1. The molecule has 0 aromatic heterocycles. The molecule has 9 nitrogen and oxygen atoms in total. The van der Waals surface area contributed by atoms with Gasteiger partial charge in [0.25, 0.3) is 15.9 Å². The monoisotopic (exact) mass is 541 g/mol. The van der Waals surface area contributed by atoms with E-state index in [1.165, 1.54) is 18.2 Å². The fourth-order valence-corrected chi connectivity index (χ4v) is 4.53. The van der Waals surface area contributed by atoms with E-state index in [-0.39, 0.29) is 44.5 Å². The molecule has 0 spiro atoms. The van der Waals surface area contributed by atoms with E-state index in [1.807, 2.05) is 0 Å². The molecule has 0 fully saturated rings. The number of hydrogen-bond acceptors (Lipinski definition) is 7. The van der Waals surface area contributed by atoms with Crippen LogP contribution in [0, 0.1) is 0 Å². The molecule has 4 N–H and O–H groups in total. The highest BCUT2D eigenvalue weighted by Crippen LogP contribution is 2.40. The topological polar surface area (TPSA) is 149 Å². The summed E-state index contributed by atoms with van der Waals surface area (Å²) < 4.78 is 29.1. The summed E-state index contributed by atoms with van der Waals surface area (Å²) >= 11 is 3.26. The van der Waals surface area contributed by atoms with Crippen LogP contribution >= 0.6 is 15.9 Å². The van der Waals surface area contributed by atoms with Gasteiger partial charge in [0, 0.05) is 21.3 Å². The molecule has 0 saturated heterocycles. The number of carbonyl (C=O) groups is 1. The van der Waals surface area contributed by atoms with Gasteiger partial charge in [0.15, 0.2) is 5.75 Å². The van der Waals surface area contributed by atoms with Crippen molar-refractivity contribution in [1.29, 1.82) is 0 Å². The van der Waals surface area contributed by atoms with Gasteiger partial charge in [0.2, 0.25) is 0 Å². The summed E-state index contributed by atoms with van der Waals surface area (Å²) in [5.74, 6) is -1.87. The minimum Gasteiger partial charge on any atom is -0.508 e. The highest BCUT2D eigenvalue weighted by molar-refractivity contribution is 9.10. The summed E-state index contributed by atoms with van der Waals surface area (Å²) in [7, 11) is -3.98. The maximum atomic E-state index is 12.9. The number of phenols is 3. The molecule has 0 heterocycles. The van der Waals surface area contributed by atoms with Crippen LogP contribution in [-0.2, 0) is 10.0 Å². The summed E-state index contributed by atoms with van der Waals surface area (Å²) in [6.07, 6.45) is 0. The lowest BCUT2D eigenvalue weighted by molar-refractivity contribution is 0.0994. The Morgan fingerprint density at radius 3 is 2.12 bits per heavy atom. The molecule has 172 valence electrons. The summed E-state index contributed by atoms with van der Waals surface area (Å²) in [6, 6.07) is 17.1. The standard InChI is InChI=1S/C23H16BrN3O6S/c24-14-5-7-17(8-6-14)34(32,33)27-20-12-21(22(30)19-4-2-1-3-18(19)20)25-26-23(31)13-9-15(28)11-16(29)10-13/h1-12,27-30H. The Hall–Kier alpha value is -3.96. The smallest absolute Gasteiger partial charge is 0.295 e. The number of amides is 1. The lowest BCUT2D eigenvalue weighted by Gasteiger charge is -2.13. The first-order valence-corrected chi connectivity index (χ1v) is 11.9. The molecule has 4 aromatic rings. The van der Waals surface area contributed by atoms with E-state index < -0.39 is 15.9 Å². The third-order valence-corrected chi connectivity index (χ3v) is 6.67. The third-order valence-electron chi connectivity index (χ3n) is 4.76. The quantitative estimate of drug-likeness (QED) is 0.195. The molecular formula is C23H16BrN3O6S. The van der Waals surface area contributed by atoms with Crippen molar-refractivity contribution >= 4 is 54.0 Å². The van der Waals surface area contributed by atoms with Gasteiger partial charge in [-0.15, -0.1) is 10.2 Å². The summed E-state index contributed by atoms with van der Waals surface area (Å²) in [5.41, 5.74) is -0.171. The molecule has 4 rings (SSSR count). The van der Waals surface area contributed by atoms with Gasteiger partial charge in [-0.2, -0.15) is 0 Å². The highest BCUT2D eigenvalue weighted by atomic mass is 79.9. The van der Waals surface area contributed by atoms with Gasteiger partial charge >= 0.3 is 0 Å². The second kappa shape index (κ2) is 9.12. The second-order valence-corrected chi connectivity index (χ2v) is 9.74. The number of azo groups is 1. The Balaban J connectivity index is 1.75. The van der Waals surface area contributed by atoms with Crippen LogP contribution in [0.5, 0.6) is 17.2 Å². The lowest BCUT2D eigenvalue weighted by Crippen LogP contribution is -2.13. The largest absolute Gasteiger partial charge is 0.508 e. The van der Waals surface area contributed by atoms with Crippen LogP contribution in [0.1, 0.15) is 10.4 Å². The molecule has 0 radical (unpaired) electrons. The van der Waals surface area contributed by atoms with Crippen LogP contribution < -0.4 is 4.72 Å². The van der Waals surface area contributed by atoms with Crippen molar-refractivity contribution in [3.05, 3.63) is 82.8 Å². The van der Waals surface area contributed by atoms with Crippen molar-refractivity contribution in [2.75, 3.05) is 4.72 Å². The van der Waals surface area contributed by atoms with Crippen molar-refractivity contribution in [3.63, 3.8) is 0 Å². The van der Waals surface area contributed by atoms with Crippen molar-refractivity contribution in [2.45, 2.75) is 4.90 Å². The zero-order valence-electron chi connectivity index (χ0n) is 17.2. The maximum absolute atomic E-state index is 12.9. The first-order chi connectivity index (χ1) is 16.1. The number of rotatable bonds is 5. The van der Waals surface area contributed by atoms with E-state index >= 15 is 0 Å². The van der Waals surface area contributed by atoms with E-state index in [4.69, 9.17) is 0 Å². The Morgan fingerprint density at radius 2 is 1.47 bits per heavy atom. The van der Waals surface area contributed by atoms with Gasteiger partial charge in [-0.05, 0) is 42.5 Å². The van der Waals surface area contributed by atoms with Crippen LogP contribution in [-0.4, -0.2) is 29.6 Å². The van der Waals surface area contributed by atoms with Gasteiger partial charge in [-0.1, -0.05) is 40.2 Å². The molecule has 0 aliphatic carbocycles. The van der Waals surface area contributed by atoms with Crippen LogP contribution in [0.25, 0.3) is 10.8 Å². The molecule has 0 bridgehead atoms. The van der Waals surface area contributed by atoms with Crippen LogP contribution in [0.4, 0.5) is 11.4 Å². The summed E-state index contributed by atoms with van der Waals surface area (Å²) in [5, 5.41) is 37.8. The number of aromatic hydroxyl groups is 3. The maximum Gasteiger partial charge on any atom is 0.295 e. The molecule has 0 unspecified atom stereocenters. The van der Waals surface area contributed by atoms with E-state index in [0.29, 0.717) is 9.86 Å². The fourth-order valence-electron chi connectivity index (χ4n) is 3.20. The molecule has 0 aliphatic heterocycles. The SMILES string of the molecule is O=C(N=Nc1cc(NS(=O)(=O)c2ccc(Br)cc2)c2ccccc2c1O)c1cc(O)cc(O)c1. The molecule has 1 amide bonds. The van der Waals surface area contributed by atoms with E-state index in [1.54, 1.807) is 36.4 Å². The zero-order valence-corrected chi connectivity index (χ0v) is 19.6. The van der Waals surface area contributed by atoms with Crippen LogP contribution in [0.15, 0.2) is 92.4 Å². The first kappa shape index (κ1) is 23.2. The van der Waals surface area contributed by atoms with Gasteiger partial charge < -0.3 is 15.3 Å². The van der Waals surface area contributed by atoms with Crippen LogP contribution in [0.3, 0.4) is 0 Å². The summed E-state index contributed by atoms with van der Waals surface area (Å²) in [4.78, 5) is 12.4. The average Bonchev–Trinajstić information content (AvgIpc) is 2.79. The number of benzene rings is 4. The van der Waals surface area contributed by atoms with Gasteiger partial charge in [-0.25, -0.2) is 8.42 Å². The number of carbonyl (C=O) groups excluding carboxylic acids is 1. The van der Waals surface area contributed by atoms with E-state index in [2.05, 4.69) is 30.9 Å². The Kier molecular flexibility index (Phi) is 6.22. The van der Waals surface area contributed by atoms with E-state index in [0.717, 1.165) is 18.2 Å². The molecular weight excluding hydrogens is 526 g/mol. The van der Waals surface area contributed by atoms with Crippen molar-refractivity contribution < 1.29 is 28.5 Å². The van der Waals surface area contributed by atoms with Gasteiger partial charge in [-0.3, -0.25) is 9.52 Å². The van der Waals surface area contributed by atoms with Crippen LogP contribution in [0.2, 0.25) is 0 Å². The Bertz CT molecular complexity index is 1530. The second-order valence-electron chi connectivity index (χ2n) is 7.14. The number of halogens is 1. The minimum atomic E-state index is -3.98. The zero-order chi connectivity index (χ0) is 24.5. The van der Waals surface area contributed by atoms with Crippen molar-refractivity contribution in [1.82, 2.24) is 0 Å². The number of fused-ring (bicyclic) bond motifs is 1. The molecule has 4 aromatic carbocycles. The van der Waals surface area contributed by atoms with Gasteiger partial charge in [0.1, 0.15) is 17.2 Å².